The van der Waals surface area contributed by atoms with Gasteiger partial charge in [0.05, 0.1) is 15.9 Å². The summed E-state index contributed by atoms with van der Waals surface area (Å²) >= 11 is 0. The van der Waals surface area contributed by atoms with Gasteiger partial charge < -0.3 is 15.9 Å². The lowest BCUT2D eigenvalue weighted by atomic mass is 10.1. The molecule has 2 aromatic carbocycles. The van der Waals surface area contributed by atoms with Crippen LogP contribution in [0.2, 0.25) is 0 Å². The van der Waals surface area contributed by atoms with Crippen LogP contribution in [0.1, 0.15) is 5.56 Å². The average Bonchev–Trinajstić information content (AvgIpc) is 2.57. The highest BCUT2D eigenvalue weighted by Crippen LogP contribution is 2.18. The van der Waals surface area contributed by atoms with Crippen LogP contribution in [0.5, 0.6) is 5.75 Å². The smallest absolute Gasteiger partial charge is 0.320 e. The molecular formula is C15H15N3O7. The van der Waals surface area contributed by atoms with Gasteiger partial charge in [0.25, 0.3) is 11.4 Å². The Labute approximate surface area is 141 Å². The molecule has 25 heavy (non-hydrogen) atoms. The summed E-state index contributed by atoms with van der Waals surface area (Å²) in [7, 11) is 0. The van der Waals surface area contributed by atoms with Gasteiger partial charge in [0.15, 0.2) is 0 Å². The van der Waals surface area contributed by atoms with Gasteiger partial charge >= 0.3 is 5.97 Å². The Balaban J connectivity index is 0.000000251. The number of phenols is 1. The van der Waals surface area contributed by atoms with Crippen LogP contribution >= 0.6 is 0 Å². The minimum absolute atomic E-state index is 0.160. The Morgan fingerprint density at radius 1 is 1.04 bits per heavy atom. The monoisotopic (exact) mass is 349 g/mol. The number of hydrogen-bond donors (Lipinski definition) is 3. The molecule has 10 nitrogen and oxygen atoms in total. The van der Waals surface area contributed by atoms with Gasteiger partial charge in [-0.3, -0.25) is 25.0 Å². The SMILES string of the molecule is NC(Cc1ccc(O)cc1)C(=O)O.O=[N+]([O-])c1cccc([N+](=O)[O-])c1. The lowest BCUT2D eigenvalue weighted by molar-refractivity contribution is -0.394. The molecule has 132 valence electrons. The number of nitro groups is 2. The third-order valence-electron chi connectivity index (χ3n) is 2.96. The molecule has 2 aromatic rings. The molecule has 0 radical (unpaired) electrons. The molecule has 0 aliphatic carbocycles. The zero-order chi connectivity index (χ0) is 19.0. The second kappa shape index (κ2) is 8.93. The van der Waals surface area contributed by atoms with Gasteiger partial charge in [0.2, 0.25) is 0 Å². The fraction of sp³-hybridized carbons (Fsp3) is 0.133. The van der Waals surface area contributed by atoms with Crippen LogP contribution in [-0.4, -0.2) is 32.1 Å². The molecule has 0 heterocycles. The fourth-order valence-electron chi connectivity index (χ4n) is 1.69. The van der Waals surface area contributed by atoms with E-state index in [-0.39, 0.29) is 23.5 Å². The van der Waals surface area contributed by atoms with Crippen LogP contribution in [0.4, 0.5) is 11.4 Å². The molecule has 10 heteroatoms. The summed E-state index contributed by atoms with van der Waals surface area (Å²) in [4.78, 5) is 29.4. The van der Waals surface area contributed by atoms with Gasteiger partial charge in [-0.2, -0.15) is 0 Å². The third kappa shape index (κ3) is 6.62. The second-order valence-electron chi connectivity index (χ2n) is 4.85. The fourth-order valence-corrected chi connectivity index (χ4v) is 1.69. The number of hydrogen-bond acceptors (Lipinski definition) is 7. The Morgan fingerprint density at radius 3 is 1.92 bits per heavy atom. The van der Waals surface area contributed by atoms with Gasteiger partial charge in [0.1, 0.15) is 11.8 Å². The molecule has 0 saturated heterocycles. The number of aromatic hydroxyl groups is 1. The molecule has 0 aliphatic rings. The van der Waals surface area contributed by atoms with Gasteiger partial charge in [-0.1, -0.05) is 12.1 Å². The molecule has 0 fully saturated rings. The van der Waals surface area contributed by atoms with Crippen LogP contribution in [0.3, 0.4) is 0 Å². The Bertz CT molecular complexity index is 733. The summed E-state index contributed by atoms with van der Waals surface area (Å²) in [6.45, 7) is 0. The highest BCUT2D eigenvalue weighted by Gasteiger charge is 2.12. The maximum Gasteiger partial charge on any atom is 0.320 e. The van der Waals surface area contributed by atoms with Crippen molar-refractivity contribution in [3.05, 3.63) is 74.3 Å². The molecule has 2 rings (SSSR count). The van der Waals surface area contributed by atoms with E-state index < -0.39 is 21.9 Å². The zero-order valence-corrected chi connectivity index (χ0v) is 12.8. The van der Waals surface area contributed by atoms with Crippen molar-refractivity contribution in [3.63, 3.8) is 0 Å². The van der Waals surface area contributed by atoms with Crippen LogP contribution < -0.4 is 5.73 Å². The largest absolute Gasteiger partial charge is 0.508 e. The van der Waals surface area contributed by atoms with Gasteiger partial charge in [-0.15, -0.1) is 0 Å². The predicted molar refractivity (Wildman–Crippen MR) is 87.2 cm³/mol. The maximum atomic E-state index is 10.4. The van der Waals surface area contributed by atoms with Crippen molar-refractivity contribution in [2.75, 3.05) is 0 Å². The lowest BCUT2D eigenvalue weighted by Crippen LogP contribution is -2.32. The molecular weight excluding hydrogens is 334 g/mol. The average molecular weight is 349 g/mol. The molecule has 0 aliphatic heterocycles. The molecule has 1 atom stereocenters. The molecule has 0 bridgehead atoms. The van der Waals surface area contributed by atoms with Crippen LogP contribution in [-0.2, 0) is 11.2 Å². The van der Waals surface area contributed by atoms with E-state index in [1.807, 2.05) is 0 Å². The number of nitro benzene ring substituents is 2. The summed E-state index contributed by atoms with van der Waals surface area (Å²) in [6, 6.07) is 10.0. The molecule has 0 amide bonds. The summed E-state index contributed by atoms with van der Waals surface area (Å²) in [5, 5.41) is 37.8. The number of nitrogens with zero attached hydrogens (tertiary/aromatic N) is 2. The lowest BCUT2D eigenvalue weighted by Gasteiger charge is -2.05. The molecule has 0 aromatic heterocycles. The number of benzene rings is 2. The number of phenolic OH excluding ortho intramolecular Hbond substituents is 1. The van der Waals surface area contributed by atoms with Crippen LogP contribution in [0.15, 0.2) is 48.5 Å². The Kier molecular flexibility index (Phi) is 6.98. The van der Waals surface area contributed by atoms with E-state index in [0.29, 0.717) is 0 Å². The summed E-state index contributed by atoms with van der Waals surface area (Å²) in [5.41, 5.74) is 5.58. The van der Waals surface area contributed by atoms with Crippen LogP contribution in [0.25, 0.3) is 0 Å². The number of non-ortho nitro benzene ring substituents is 2. The van der Waals surface area contributed by atoms with Gasteiger partial charge in [-0.25, -0.2) is 0 Å². The maximum absolute atomic E-state index is 10.4. The van der Waals surface area contributed by atoms with E-state index in [4.69, 9.17) is 15.9 Å². The van der Waals surface area contributed by atoms with Crippen molar-refractivity contribution in [2.24, 2.45) is 5.73 Å². The summed E-state index contributed by atoms with van der Waals surface area (Å²) in [5.74, 6) is -0.860. The standard InChI is InChI=1S/C9H11NO3.C6H4N2O4/c10-8(9(12)13)5-6-1-3-7(11)4-2-6;9-7(10)5-2-1-3-6(4-5)8(11)12/h1-4,8,11H,5,10H2,(H,12,13);1-4H. The van der Waals surface area contributed by atoms with E-state index in [0.717, 1.165) is 11.6 Å². The predicted octanol–water partition coefficient (Wildman–Crippen LogP) is 1.85. The quantitative estimate of drug-likeness (QED) is 0.542. The van der Waals surface area contributed by atoms with Crippen molar-refractivity contribution >= 4 is 17.3 Å². The third-order valence-corrected chi connectivity index (χ3v) is 2.96. The minimum atomic E-state index is -1.02. The zero-order valence-electron chi connectivity index (χ0n) is 12.8. The van der Waals surface area contributed by atoms with E-state index in [1.54, 1.807) is 12.1 Å². The first-order valence-corrected chi connectivity index (χ1v) is 6.86. The highest BCUT2D eigenvalue weighted by atomic mass is 16.6. The molecule has 0 saturated carbocycles. The van der Waals surface area contributed by atoms with E-state index in [2.05, 4.69) is 0 Å². The molecule has 4 N–H and O–H groups in total. The first kappa shape index (κ1) is 19.5. The normalized spacial score (nSPS) is 10.9. The van der Waals surface area contributed by atoms with Crippen molar-refractivity contribution in [2.45, 2.75) is 12.5 Å². The van der Waals surface area contributed by atoms with E-state index >= 15 is 0 Å². The van der Waals surface area contributed by atoms with Crippen molar-refractivity contribution in [3.8, 4) is 5.75 Å². The first-order valence-electron chi connectivity index (χ1n) is 6.86. The topological polar surface area (TPSA) is 170 Å². The van der Waals surface area contributed by atoms with E-state index in [9.17, 15) is 25.0 Å². The van der Waals surface area contributed by atoms with E-state index in [1.165, 1.54) is 30.3 Å². The number of carboxylic acids is 1. The number of aliphatic carboxylic acids is 1. The minimum Gasteiger partial charge on any atom is -0.508 e. The van der Waals surface area contributed by atoms with Gasteiger partial charge in [-0.05, 0) is 30.2 Å². The van der Waals surface area contributed by atoms with Crippen LogP contribution in [0, 0.1) is 20.2 Å². The molecule has 1 unspecified atom stereocenters. The first-order chi connectivity index (χ1) is 11.7. The second-order valence-corrected chi connectivity index (χ2v) is 4.85. The number of rotatable bonds is 5. The van der Waals surface area contributed by atoms with Crippen molar-refractivity contribution in [1.29, 1.82) is 0 Å². The Morgan fingerprint density at radius 2 is 1.52 bits per heavy atom. The summed E-state index contributed by atoms with van der Waals surface area (Å²) < 4.78 is 0. The number of carbonyl (C=O) groups is 1. The van der Waals surface area contributed by atoms with Crippen molar-refractivity contribution in [1.82, 2.24) is 0 Å². The molecule has 0 spiro atoms. The highest BCUT2D eigenvalue weighted by molar-refractivity contribution is 5.73. The van der Waals surface area contributed by atoms with Crippen molar-refractivity contribution < 1.29 is 24.9 Å². The Hall–Kier alpha value is -3.53. The number of nitrogens with two attached hydrogens (primary N) is 1. The van der Waals surface area contributed by atoms with Gasteiger partial charge in [0, 0.05) is 12.1 Å². The summed E-state index contributed by atoms with van der Waals surface area (Å²) in [6.07, 6.45) is 0.273. The number of carboxylic acid groups (broad SMARTS) is 1.